The summed E-state index contributed by atoms with van der Waals surface area (Å²) in [5.41, 5.74) is 3.11. The largest absolute Gasteiger partial charge is 0.497 e. The molecule has 0 radical (unpaired) electrons. The summed E-state index contributed by atoms with van der Waals surface area (Å²) >= 11 is 0. The third-order valence-corrected chi connectivity index (χ3v) is 6.59. The highest BCUT2D eigenvalue weighted by molar-refractivity contribution is 5.48. The van der Waals surface area contributed by atoms with Gasteiger partial charge in [-0.25, -0.2) is 9.07 Å². The fraction of sp³-hybridized carbons (Fsp3) is 0.296. The molecule has 0 bridgehead atoms. The summed E-state index contributed by atoms with van der Waals surface area (Å²) in [4.78, 5) is 4.64. The Morgan fingerprint density at radius 3 is 2.33 bits per heavy atom. The Morgan fingerprint density at radius 2 is 1.64 bits per heavy atom. The van der Waals surface area contributed by atoms with E-state index in [1.165, 1.54) is 12.1 Å². The van der Waals surface area contributed by atoms with Crippen LogP contribution in [-0.2, 0) is 6.54 Å². The molecular formula is C27H29FN6O2. The molecule has 1 unspecified atom stereocenters. The number of methoxy groups -OCH3 is 2. The van der Waals surface area contributed by atoms with Crippen LogP contribution in [0.4, 0.5) is 10.1 Å². The quantitative estimate of drug-likeness (QED) is 0.374. The topological polar surface area (TPSA) is 68.5 Å². The van der Waals surface area contributed by atoms with E-state index in [4.69, 9.17) is 9.47 Å². The molecule has 186 valence electrons. The van der Waals surface area contributed by atoms with Crippen LogP contribution in [0.1, 0.15) is 23.0 Å². The van der Waals surface area contributed by atoms with Crippen molar-refractivity contribution in [1.82, 2.24) is 25.1 Å². The Balaban J connectivity index is 1.48. The second-order valence-corrected chi connectivity index (χ2v) is 8.69. The molecule has 0 N–H and O–H groups in total. The zero-order chi connectivity index (χ0) is 24.9. The van der Waals surface area contributed by atoms with Gasteiger partial charge < -0.3 is 14.4 Å². The summed E-state index contributed by atoms with van der Waals surface area (Å²) in [7, 11) is 3.30. The smallest absolute Gasteiger partial charge is 0.173 e. The molecule has 0 spiro atoms. The zero-order valence-electron chi connectivity index (χ0n) is 20.4. The molecule has 1 saturated heterocycles. The van der Waals surface area contributed by atoms with Crippen molar-refractivity contribution in [1.29, 1.82) is 0 Å². The summed E-state index contributed by atoms with van der Waals surface area (Å²) in [5, 5.41) is 12.9. The van der Waals surface area contributed by atoms with Gasteiger partial charge in [0.2, 0.25) is 0 Å². The van der Waals surface area contributed by atoms with Gasteiger partial charge in [0.1, 0.15) is 23.4 Å². The number of hydrogen-bond donors (Lipinski definition) is 0. The lowest BCUT2D eigenvalue weighted by molar-refractivity contribution is 0.198. The molecule has 1 aliphatic rings. The second-order valence-electron chi connectivity index (χ2n) is 8.69. The van der Waals surface area contributed by atoms with E-state index in [0.29, 0.717) is 6.54 Å². The maximum absolute atomic E-state index is 13.4. The van der Waals surface area contributed by atoms with E-state index in [2.05, 4.69) is 37.5 Å². The van der Waals surface area contributed by atoms with Crippen molar-refractivity contribution in [3.05, 3.63) is 95.6 Å². The Kier molecular flexibility index (Phi) is 7.08. The number of piperazine rings is 1. The molecule has 2 heterocycles. The fourth-order valence-corrected chi connectivity index (χ4v) is 4.71. The van der Waals surface area contributed by atoms with Crippen LogP contribution in [-0.4, -0.2) is 65.5 Å². The molecule has 0 saturated carbocycles. The molecule has 4 aromatic rings. The van der Waals surface area contributed by atoms with Gasteiger partial charge in [-0.3, -0.25) is 4.90 Å². The normalized spacial score (nSPS) is 15.0. The van der Waals surface area contributed by atoms with Crippen LogP contribution >= 0.6 is 0 Å². The Labute approximate surface area is 209 Å². The Hall–Kier alpha value is -3.98. The van der Waals surface area contributed by atoms with Crippen LogP contribution < -0.4 is 14.4 Å². The standard InChI is InChI=1S/C27H29FN6O2/c1-35-23-12-13-24(25(18-23)36-2)26(27-29-30-31-34(27)19-20-6-4-3-5-7-20)33-16-14-32(15-17-33)22-10-8-21(28)9-11-22/h3-13,18,26H,14-17,19H2,1-2H3. The highest BCUT2D eigenvalue weighted by Gasteiger charge is 2.33. The molecule has 8 nitrogen and oxygen atoms in total. The van der Waals surface area contributed by atoms with Gasteiger partial charge in [0.25, 0.3) is 0 Å². The molecule has 5 rings (SSSR count). The maximum Gasteiger partial charge on any atom is 0.173 e. The predicted octanol–water partition coefficient (Wildman–Crippen LogP) is 3.79. The van der Waals surface area contributed by atoms with Gasteiger partial charge in [-0.15, -0.1) is 5.10 Å². The number of rotatable bonds is 8. The number of anilines is 1. The SMILES string of the molecule is COc1ccc(C(c2nnnn2Cc2ccccc2)N2CCN(c3ccc(F)cc3)CC2)c(OC)c1. The van der Waals surface area contributed by atoms with Gasteiger partial charge >= 0.3 is 0 Å². The number of tetrazole rings is 1. The first-order valence-corrected chi connectivity index (χ1v) is 11.9. The molecule has 1 aromatic heterocycles. The first-order chi connectivity index (χ1) is 17.7. The number of aromatic nitrogens is 4. The minimum absolute atomic E-state index is 0.222. The van der Waals surface area contributed by atoms with Gasteiger partial charge in [0.15, 0.2) is 5.82 Å². The summed E-state index contributed by atoms with van der Waals surface area (Å²) in [6, 6.07) is 22.4. The monoisotopic (exact) mass is 488 g/mol. The second kappa shape index (κ2) is 10.7. The van der Waals surface area contributed by atoms with Crippen LogP contribution in [0.3, 0.4) is 0 Å². The lowest BCUT2D eigenvalue weighted by Crippen LogP contribution is -2.48. The molecule has 36 heavy (non-hydrogen) atoms. The fourth-order valence-electron chi connectivity index (χ4n) is 4.71. The first-order valence-electron chi connectivity index (χ1n) is 11.9. The van der Waals surface area contributed by atoms with E-state index in [-0.39, 0.29) is 11.9 Å². The Bertz CT molecular complexity index is 1270. The van der Waals surface area contributed by atoms with E-state index in [1.807, 2.05) is 53.2 Å². The van der Waals surface area contributed by atoms with Gasteiger partial charge in [-0.2, -0.15) is 0 Å². The van der Waals surface area contributed by atoms with E-state index in [9.17, 15) is 4.39 Å². The minimum Gasteiger partial charge on any atom is -0.497 e. The van der Waals surface area contributed by atoms with E-state index < -0.39 is 0 Å². The highest BCUT2D eigenvalue weighted by atomic mass is 19.1. The molecule has 1 aliphatic heterocycles. The average molecular weight is 489 g/mol. The molecule has 1 atom stereocenters. The van der Waals surface area contributed by atoms with Crippen molar-refractivity contribution in [3.8, 4) is 11.5 Å². The molecular weight excluding hydrogens is 459 g/mol. The average Bonchev–Trinajstić information content (AvgIpc) is 3.38. The van der Waals surface area contributed by atoms with E-state index in [1.54, 1.807) is 14.2 Å². The van der Waals surface area contributed by atoms with Gasteiger partial charge in [-0.05, 0) is 52.4 Å². The van der Waals surface area contributed by atoms with Gasteiger partial charge in [-0.1, -0.05) is 30.3 Å². The summed E-state index contributed by atoms with van der Waals surface area (Å²) in [6.45, 7) is 3.69. The van der Waals surface area contributed by atoms with Crippen molar-refractivity contribution in [3.63, 3.8) is 0 Å². The lowest BCUT2D eigenvalue weighted by atomic mass is 10.0. The molecule has 1 fully saturated rings. The maximum atomic E-state index is 13.4. The molecule has 0 aliphatic carbocycles. The minimum atomic E-state index is -0.227. The van der Waals surface area contributed by atoms with E-state index in [0.717, 1.165) is 60.3 Å². The zero-order valence-corrected chi connectivity index (χ0v) is 20.4. The third-order valence-electron chi connectivity index (χ3n) is 6.59. The first kappa shape index (κ1) is 23.7. The highest BCUT2D eigenvalue weighted by Crippen LogP contribution is 2.37. The molecule has 0 amide bonds. The summed E-state index contributed by atoms with van der Waals surface area (Å²) in [5.74, 6) is 1.96. The Morgan fingerprint density at radius 1 is 0.889 bits per heavy atom. The number of benzene rings is 3. The number of halogens is 1. The summed E-state index contributed by atoms with van der Waals surface area (Å²) in [6.07, 6.45) is 0. The lowest BCUT2D eigenvalue weighted by Gasteiger charge is -2.40. The van der Waals surface area contributed by atoms with Crippen LogP contribution in [0.25, 0.3) is 0 Å². The molecule has 3 aromatic carbocycles. The van der Waals surface area contributed by atoms with Crippen LogP contribution in [0.15, 0.2) is 72.8 Å². The van der Waals surface area contributed by atoms with Crippen LogP contribution in [0.2, 0.25) is 0 Å². The number of hydrogen-bond acceptors (Lipinski definition) is 7. The van der Waals surface area contributed by atoms with Crippen molar-refractivity contribution >= 4 is 5.69 Å². The predicted molar refractivity (Wildman–Crippen MR) is 135 cm³/mol. The van der Waals surface area contributed by atoms with Crippen molar-refractivity contribution in [2.75, 3.05) is 45.3 Å². The summed E-state index contributed by atoms with van der Waals surface area (Å²) < 4.78 is 26.5. The van der Waals surface area contributed by atoms with Crippen LogP contribution in [0.5, 0.6) is 11.5 Å². The van der Waals surface area contributed by atoms with Gasteiger partial charge in [0.05, 0.1) is 20.8 Å². The van der Waals surface area contributed by atoms with Crippen molar-refractivity contribution < 1.29 is 13.9 Å². The number of nitrogens with zero attached hydrogens (tertiary/aromatic N) is 6. The third kappa shape index (κ3) is 5.01. The number of ether oxygens (including phenoxy) is 2. The van der Waals surface area contributed by atoms with Gasteiger partial charge in [0, 0.05) is 43.5 Å². The van der Waals surface area contributed by atoms with Crippen LogP contribution in [0, 0.1) is 5.82 Å². The molecule has 9 heteroatoms. The van der Waals surface area contributed by atoms with Crippen molar-refractivity contribution in [2.24, 2.45) is 0 Å². The van der Waals surface area contributed by atoms with Crippen molar-refractivity contribution in [2.45, 2.75) is 12.6 Å². The van der Waals surface area contributed by atoms with E-state index >= 15 is 0 Å².